The Bertz CT molecular complexity index is 793. The van der Waals surface area contributed by atoms with Gasteiger partial charge in [0.1, 0.15) is 5.75 Å². The minimum Gasteiger partial charge on any atom is -0.508 e. The van der Waals surface area contributed by atoms with E-state index in [1.807, 2.05) is 0 Å². The molecular weight excluding hydrogens is 343 g/mol. The number of aromatic hydroxyl groups is 1. The van der Waals surface area contributed by atoms with Gasteiger partial charge in [-0.05, 0) is 30.3 Å². The van der Waals surface area contributed by atoms with Gasteiger partial charge in [0.05, 0.1) is 28.5 Å². The third kappa shape index (κ3) is 3.85. The largest absolute Gasteiger partial charge is 0.508 e. The number of phenols is 1. The van der Waals surface area contributed by atoms with Crippen molar-refractivity contribution in [3.63, 3.8) is 0 Å². The number of ketones is 1. The molecule has 0 radical (unpaired) electrons. The van der Waals surface area contributed by atoms with Gasteiger partial charge in [0.2, 0.25) is 0 Å². The first kappa shape index (κ1) is 16.9. The van der Waals surface area contributed by atoms with Crippen LogP contribution in [0.15, 0.2) is 30.3 Å². The summed E-state index contributed by atoms with van der Waals surface area (Å²) in [6.45, 7) is -0.202. The average Bonchev–Trinajstić information content (AvgIpc) is 2.49. The Kier molecular flexibility index (Phi) is 4.98. The first-order valence-electron chi connectivity index (χ1n) is 6.37. The molecule has 0 fully saturated rings. The van der Waals surface area contributed by atoms with Crippen molar-refractivity contribution in [3.8, 4) is 5.75 Å². The van der Waals surface area contributed by atoms with E-state index in [9.17, 15) is 14.7 Å². The summed E-state index contributed by atoms with van der Waals surface area (Å²) in [5.74, 6) is -2.20. The van der Waals surface area contributed by atoms with Gasteiger partial charge >= 0.3 is 5.97 Å². The van der Waals surface area contributed by atoms with Crippen LogP contribution in [-0.2, 0) is 0 Å². The van der Waals surface area contributed by atoms with Crippen molar-refractivity contribution >= 4 is 46.3 Å². The summed E-state index contributed by atoms with van der Waals surface area (Å²) < 4.78 is 0. The van der Waals surface area contributed by atoms with E-state index in [2.05, 4.69) is 5.32 Å². The highest BCUT2D eigenvalue weighted by atomic mass is 35.5. The summed E-state index contributed by atoms with van der Waals surface area (Å²) >= 11 is 11.8. The number of carbonyl (C=O) groups excluding carboxylic acids is 1. The lowest BCUT2D eigenvalue weighted by molar-refractivity contribution is 0.0697. The maximum atomic E-state index is 12.2. The molecule has 0 heterocycles. The molecule has 0 atom stereocenters. The number of benzene rings is 2. The molecule has 23 heavy (non-hydrogen) atoms. The SMILES string of the molecule is Nc1c(C(=O)O)cc(O)cc1C(=O)CNc1cc(Cl)ccc1Cl. The second-order valence-corrected chi connectivity index (χ2v) is 5.50. The van der Waals surface area contributed by atoms with Gasteiger partial charge < -0.3 is 21.3 Å². The molecule has 0 bridgehead atoms. The van der Waals surface area contributed by atoms with Crippen LogP contribution < -0.4 is 11.1 Å². The third-order valence-electron chi connectivity index (χ3n) is 3.06. The van der Waals surface area contributed by atoms with Crippen LogP contribution in [0.2, 0.25) is 10.0 Å². The molecule has 0 aliphatic carbocycles. The molecule has 8 heteroatoms. The molecular formula is C15H12Cl2N2O4. The fraction of sp³-hybridized carbons (Fsp3) is 0.0667. The fourth-order valence-electron chi connectivity index (χ4n) is 1.95. The highest BCUT2D eigenvalue weighted by Gasteiger charge is 2.18. The monoisotopic (exact) mass is 354 g/mol. The van der Waals surface area contributed by atoms with Gasteiger partial charge in [0.15, 0.2) is 5.78 Å². The van der Waals surface area contributed by atoms with Gasteiger partial charge in [-0.3, -0.25) is 4.79 Å². The molecule has 2 aromatic rings. The van der Waals surface area contributed by atoms with Crippen molar-refractivity contribution in [1.29, 1.82) is 0 Å². The number of halogens is 2. The molecule has 0 unspecified atom stereocenters. The number of hydrogen-bond donors (Lipinski definition) is 4. The highest BCUT2D eigenvalue weighted by Crippen LogP contribution is 2.27. The molecule has 5 N–H and O–H groups in total. The number of carboxylic acid groups (broad SMARTS) is 1. The highest BCUT2D eigenvalue weighted by molar-refractivity contribution is 6.35. The lowest BCUT2D eigenvalue weighted by Gasteiger charge is -2.11. The van der Waals surface area contributed by atoms with Gasteiger partial charge in [-0.1, -0.05) is 23.2 Å². The maximum absolute atomic E-state index is 12.2. The van der Waals surface area contributed by atoms with Gasteiger partial charge in [-0.15, -0.1) is 0 Å². The van der Waals surface area contributed by atoms with Crippen LogP contribution in [0.1, 0.15) is 20.7 Å². The van der Waals surface area contributed by atoms with Crippen LogP contribution in [0.3, 0.4) is 0 Å². The van der Waals surface area contributed by atoms with E-state index in [1.54, 1.807) is 18.2 Å². The summed E-state index contributed by atoms with van der Waals surface area (Å²) in [5.41, 5.74) is 5.50. The van der Waals surface area contributed by atoms with Crippen molar-refractivity contribution < 1.29 is 19.8 Å². The van der Waals surface area contributed by atoms with Crippen LogP contribution in [0.5, 0.6) is 5.75 Å². The molecule has 2 aromatic carbocycles. The number of carboxylic acids is 1. The molecule has 0 spiro atoms. The molecule has 120 valence electrons. The maximum Gasteiger partial charge on any atom is 0.337 e. The molecule has 6 nitrogen and oxygen atoms in total. The Balaban J connectivity index is 2.24. The van der Waals surface area contributed by atoms with Crippen molar-refractivity contribution in [2.45, 2.75) is 0 Å². The summed E-state index contributed by atoms with van der Waals surface area (Å²) in [5, 5.41) is 22.2. The lowest BCUT2D eigenvalue weighted by Crippen LogP contribution is -2.17. The first-order chi connectivity index (χ1) is 10.8. The van der Waals surface area contributed by atoms with Crippen LogP contribution in [0.4, 0.5) is 11.4 Å². The minimum atomic E-state index is -1.33. The van der Waals surface area contributed by atoms with E-state index < -0.39 is 11.8 Å². The summed E-state index contributed by atoms with van der Waals surface area (Å²) in [4.78, 5) is 23.3. The number of nitrogens with two attached hydrogens (primary N) is 1. The van der Waals surface area contributed by atoms with E-state index in [0.717, 1.165) is 12.1 Å². The fourth-order valence-corrected chi connectivity index (χ4v) is 2.31. The van der Waals surface area contributed by atoms with E-state index in [1.165, 1.54) is 0 Å². The Morgan fingerprint density at radius 2 is 1.78 bits per heavy atom. The normalized spacial score (nSPS) is 10.3. The second-order valence-electron chi connectivity index (χ2n) is 4.66. The molecule has 2 rings (SSSR count). The Hall–Kier alpha value is -2.44. The van der Waals surface area contributed by atoms with Crippen molar-refractivity contribution in [2.24, 2.45) is 0 Å². The van der Waals surface area contributed by atoms with E-state index in [4.69, 9.17) is 34.0 Å². The van der Waals surface area contributed by atoms with Crippen LogP contribution in [0, 0.1) is 0 Å². The van der Waals surface area contributed by atoms with E-state index in [-0.39, 0.29) is 29.1 Å². The second kappa shape index (κ2) is 6.76. The number of hydrogen-bond acceptors (Lipinski definition) is 5. The van der Waals surface area contributed by atoms with Crippen LogP contribution in [0.25, 0.3) is 0 Å². The van der Waals surface area contributed by atoms with Gasteiger partial charge in [0, 0.05) is 10.6 Å². The number of carbonyl (C=O) groups is 2. The molecule has 0 aliphatic rings. The molecule has 0 saturated heterocycles. The van der Waals surface area contributed by atoms with Crippen molar-refractivity contribution in [1.82, 2.24) is 0 Å². The number of phenolic OH excluding ortho intramolecular Hbond substituents is 1. The third-order valence-corrected chi connectivity index (χ3v) is 3.63. The Morgan fingerprint density at radius 1 is 1.13 bits per heavy atom. The number of anilines is 2. The zero-order valence-electron chi connectivity index (χ0n) is 11.6. The average molecular weight is 355 g/mol. The number of rotatable bonds is 5. The van der Waals surface area contributed by atoms with Gasteiger partial charge in [0.25, 0.3) is 0 Å². The van der Waals surface area contributed by atoms with Crippen molar-refractivity contribution in [2.75, 3.05) is 17.6 Å². The van der Waals surface area contributed by atoms with Gasteiger partial charge in [-0.2, -0.15) is 0 Å². The quantitative estimate of drug-likeness (QED) is 0.372. The number of nitrogens with one attached hydrogen (secondary N) is 1. The smallest absolute Gasteiger partial charge is 0.337 e. The van der Waals surface area contributed by atoms with Crippen LogP contribution >= 0.6 is 23.2 Å². The molecule has 0 amide bonds. The first-order valence-corrected chi connectivity index (χ1v) is 7.13. The molecule has 0 saturated carbocycles. The van der Waals surface area contributed by atoms with Crippen molar-refractivity contribution in [3.05, 3.63) is 51.5 Å². The zero-order chi connectivity index (χ0) is 17.1. The summed E-state index contributed by atoms with van der Waals surface area (Å²) in [7, 11) is 0. The summed E-state index contributed by atoms with van der Waals surface area (Å²) in [6, 6.07) is 6.82. The topological polar surface area (TPSA) is 113 Å². The predicted molar refractivity (Wildman–Crippen MR) is 88.8 cm³/mol. The lowest BCUT2D eigenvalue weighted by atomic mass is 10.0. The Labute approximate surface area is 141 Å². The predicted octanol–water partition coefficient (Wildman–Crippen LogP) is 3.27. The number of aromatic carboxylic acids is 1. The minimum absolute atomic E-state index is 0.0898. The number of nitrogen functional groups attached to an aromatic ring is 1. The standard InChI is InChI=1S/C15H12Cl2N2O4/c16-7-1-2-11(17)12(3-7)19-6-13(21)9-4-8(20)5-10(14(9)18)15(22)23/h1-5,19-20H,6,18H2,(H,22,23). The molecule has 0 aliphatic heterocycles. The zero-order valence-corrected chi connectivity index (χ0v) is 13.1. The van der Waals surface area contributed by atoms with E-state index in [0.29, 0.717) is 15.7 Å². The van der Waals surface area contributed by atoms with E-state index >= 15 is 0 Å². The number of Topliss-reactive ketones (excluding diaryl/α,β-unsaturated/α-hetero) is 1. The molecule has 0 aromatic heterocycles. The van der Waals surface area contributed by atoms with Crippen LogP contribution in [-0.4, -0.2) is 28.5 Å². The van der Waals surface area contributed by atoms with Gasteiger partial charge in [-0.25, -0.2) is 4.79 Å². The summed E-state index contributed by atoms with van der Waals surface area (Å²) in [6.07, 6.45) is 0. The Morgan fingerprint density at radius 3 is 2.43 bits per heavy atom.